The molecule has 1 aliphatic rings. The van der Waals surface area contributed by atoms with Crippen molar-refractivity contribution >= 4 is 62.3 Å². The number of alkyl halides is 4. The highest BCUT2D eigenvalue weighted by Gasteiger charge is 2.52. The Hall–Kier alpha value is -5.06. The molecule has 0 unspecified atom stereocenters. The van der Waals surface area contributed by atoms with Crippen LogP contribution in [0.15, 0.2) is 102 Å². The third-order valence-corrected chi connectivity index (χ3v) is 9.88. The van der Waals surface area contributed by atoms with Crippen molar-refractivity contribution in [1.29, 1.82) is 0 Å². The van der Waals surface area contributed by atoms with E-state index in [9.17, 15) is 27.2 Å². The number of nitrogens with zero attached hydrogens (tertiary/aromatic N) is 4. The van der Waals surface area contributed by atoms with Gasteiger partial charge in [-0.2, -0.15) is 27.8 Å². The molecular weight excluding hydrogens is 799 g/mol. The van der Waals surface area contributed by atoms with Crippen molar-refractivity contribution in [3.8, 4) is 11.1 Å². The van der Waals surface area contributed by atoms with Crippen molar-refractivity contribution in [3.05, 3.63) is 113 Å². The van der Waals surface area contributed by atoms with Crippen molar-refractivity contribution in [1.82, 2.24) is 19.6 Å². The van der Waals surface area contributed by atoms with Gasteiger partial charge in [0.25, 0.3) is 0 Å². The minimum atomic E-state index is -3.89. The Bertz CT molecular complexity index is 2330. The first-order valence-electron chi connectivity index (χ1n) is 17.4. The first-order chi connectivity index (χ1) is 26.1. The molecule has 1 fully saturated rings. The third kappa shape index (κ3) is 9.14. The van der Waals surface area contributed by atoms with Gasteiger partial charge in [0.05, 0.1) is 28.8 Å². The van der Waals surface area contributed by atoms with Crippen LogP contribution in [0, 0.1) is 0 Å². The summed E-state index contributed by atoms with van der Waals surface area (Å²) >= 11 is 3.39. The van der Waals surface area contributed by atoms with Gasteiger partial charge in [-0.3, -0.25) is 9.36 Å². The molecule has 0 spiro atoms. The number of fused-ring (bicyclic) bond motifs is 2. The van der Waals surface area contributed by atoms with E-state index in [1.165, 1.54) is 48.7 Å². The summed E-state index contributed by atoms with van der Waals surface area (Å²) in [6, 6.07) is 22.3. The lowest BCUT2D eigenvalue weighted by atomic mass is 9.78. The minimum Gasteiger partial charge on any atom is -0.477 e. The second kappa shape index (κ2) is 16.2. The Kier molecular flexibility index (Phi) is 12.2. The number of hydrogen-bond donors (Lipinski definition) is 1. The average molecular weight is 839 g/mol. The van der Waals surface area contributed by atoms with E-state index < -0.39 is 53.2 Å². The normalized spacial score (nSPS) is 14.8. The molecule has 0 aliphatic carbocycles. The van der Waals surface area contributed by atoms with Crippen LogP contribution < -0.4 is 5.46 Å². The lowest BCUT2D eigenvalue weighted by Crippen LogP contribution is -2.41. The Morgan fingerprint density at radius 3 is 1.73 bits per heavy atom. The molecule has 294 valence electrons. The summed E-state index contributed by atoms with van der Waals surface area (Å²) in [6.45, 7) is 9.04. The number of esters is 1. The number of carbonyl (C=O) groups is 2. The van der Waals surface area contributed by atoms with Gasteiger partial charge in [-0.1, -0.05) is 82.7 Å². The molecule has 4 aromatic carbocycles. The molecule has 0 amide bonds. The lowest BCUT2D eigenvalue weighted by Gasteiger charge is -2.32. The van der Waals surface area contributed by atoms with Gasteiger partial charge >= 0.3 is 30.9 Å². The number of rotatable bonds is 7. The Balaban J connectivity index is 0.000000170. The van der Waals surface area contributed by atoms with Gasteiger partial charge in [0.1, 0.15) is 0 Å². The molecule has 2 aromatic heterocycles. The Labute approximate surface area is 329 Å². The number of benzene rings is 4. The second-order valence-corrected chi connectivity index (χ2v) is 15.0. The number of aryl methyl sites for hydroxylation is 2. The van der Waals surface area contributed by atoms with E-state index in [0.717, 1.165) is 44.2 Å². The predicted molar refractivity (Wildman–Crippen MR) is 209 cm³/mol. The molecule has 16 heteroatoms. The Morgan fingerprint density at radius 1 is 0.750 bits per heavy atom. The van der Waals surface area contributed by atoms with Crippen LogP contribution in [0.5, 0.6) is 0 Å². The molecule has 0 radical (unpaired) electrons. The number of aliphatic carboxylic acids is 1. The summed E-state index contributed by atoms with van der Waals surface area (Å²) in [5.41, 5.74) is 2.03. The number of carbonyl (C=O) groups excluding carboxylic acids is 1. The quantitative estimate of drug-likeness (QED) is 0.0969. The van der Waals surface area contributed by atoms with Crippen molar-refractivity contribution in [2.24, 2.45) is 14.1 Å². The highest BCUT2D eigenvalue weighted by molar-refractivity contribution is 9.10. The maximum absolute atomic E-state index is 14.0. The molecule has 1 saturated heterocycles. The number of carboxylic acids is 1. The van der Waals surface area contributed by atoms with Crippen molar-refractivity contribution < 1.29 is 46.3 Å². The van der Waals surface area contributed by atoms with Gasteiger partial charge in [0.2, 0.25) is 0 Å². The van der Waals surface area contributed by atoms with Crippen LogP contribution in [0.4, 0.5) is 17.6 Å². The van der Waals surface area contributed by atoms with Crippen LogP contribution in [0.1, 0.15) is 45.7 Å². The molecule has 10 nitrogen and oxygen atoms in total. The molecule has 56 heavy (non-hydrogen) atoms. The van der Waals surface area contributed by atoms with Crippen LogP contribution in [-0.2, 0) is 49.6 Å². The SMILES string of the molecule is CCOC(=O)C(F)(F)c1ccc(B2OC(C)(C)C(C)(C)O2)cc1.Cn1cc2ccc(-c3ccc(C(F)(F)C(=O)O)cc3)cc2n1.Cn1cc2ccc(Br)cc2n1. The Morgan fingerprint density at radius 2 is 1.21 bits per heavy atom. The third-order valence-electron chi connectivity index (χ3n) is 9.39. The molecule has 0 atom stereocenters. The van der Waals surface area contributed by atoms with E-state index in [1.54, 1.807) is 4.68 Å². The zero-order valence-electron chi connectivity index (χ0n) is 31.7. The van der Waals surface area contributed by atoms with Crippen LogP contribution in [0.25, 0.3) is 32.9 Å². The van der Waals surface area contributed by atoms with Crippen molar-refractivity contribution in [3.63, 3.8) is 0 Å². The molecule has 1 N–H and O–H groups in total. The van der Waals surface area contributed by atoms with Gasteiger partial charge < -0.3 is 19.2 Å². The van der Waals surface area contributed by atoms with E-state index in [1.807, 2.05) is 95.3 Å². The fraction of sp³-hybridized carbons (Fsp3) is 0.300. The number of aromatic nitrogens is 4. The molecular formula is C40H40BBrF4N4O6. The molecule has 3 heterocycles. The van der Waals surface area contributed by atoms with E-state index >= 15 is 0 Å². The van der Waals surface area contributed by atoms with E-state index in [2.05, 4.69) is 30.9 Å². The summed E-state index contributed by atoms with van der Waals surface area (Å²) < 4.78 is 75.4. The number of ether oxygens (including phenoxy) is 1. The predicted octanol–water partition coefficient (Wildman–Crippen LogP) is 8.39. The smallest absolute Gasteiger partial charge is 0.477 e. The topological polar surface area (TPSA) is 118 Å². The zero-order chi connectivity index (χ0) is 41.2. The zero-order valence-corrected chi connectivity index (χ0v) is 33.3. The molecule has 0 bridgehead atoms. The summed E-state index contributed by atoms with van der Waals surface area (Å²) in [6.07, 6.45) is 3.89. The average Bonchev–Trinajstić information content (AvgIpc) is 3.77. The van der Waals surface area contributed by atoms with Crippen LogP contribution in [-0.4, -0.2) is 61.5 Å². The van der Waals surface area contributed by atoms with Crippen LogP contribution in [0.2, 0.25) is 0 Å². The van der Waals surface area contributed by atoms with Crippen LogP contribution >= 0.6 is 15.9 Å². The minimum absolute atomic E-state index is 0.0968. The monoisotopic (exact) mass is 838 g/mol. The van der Waals surface area contributed by atoms with E-state index in [4.69, 9.17) is 14.4 Å². The maximum Gasteiger partial charge on any atom is 0.494 e. The van der Waals surface area contributed by atoms with E-state index in [0.29, 0.717) is 5.46 Å². The first kappa shape index (κ1) is 42.1. The first-order valence-corrected chi connectivity index (χ1v) is 18.2. The van der Waals surface area contributed by atoms with Gasteiger partial charge in [0, 0.05) is 52.9 Å². The molecule has 1 aliphatic heterocycles. The van der Waals surface area contributed by atoms with Gasteiger partial charge in [-0.25, -0.2) is 9.59 Å². The second-order valence-electron chi connectivity index (χ2n) is 14.0. The lowest BCUT2D eigenvalue weighted by molar-refractivity contribution is -0.173. The fourth-order valence-corrected chi connectivity index (χ4v) is 5.94. The highest BCUT2D eigenvalue weighted by atomic mass is 79.9. The van der Waals surface area contributed by atoms with Crippen molar-refractivity contribution in [2.75, 3.05) is 6.61 Å². The maximum atomic E-state index is 14.0. The summed E-state index contributed by atoms with van der Waals surface area (Å²) in [7, 11) is 3.11. The number of hydrogen-bond acceptors (Lipinski definition) is 7. The van der Waals surface area contributed by atoms with E-state index in [-0.39, 0.29) is 6.61 Å². The molecule has 7 rings (SSSR count). The van der Waals surface area contributed by atoms with Crippen molar-refractivity contribution in [2.45, 2.75) is 57.7 Å². The summed E-state index contributed by atoms with van der Waals surface area (Å²) in [4.78, 5) is 21.9. The van der Waals surface area contributed by atoms with Crippen LogP contribution in [0.3, 0.4) is 0 Å². The fourth-order valence-electron chi connectivity index (χ4n) is 5.60. The van der Waals surface area contributed by atoms with Gasteiger partial charge in [0.15, 0.2) is 0 Å². The van der Waals surface area contributed by atoms with Gasteiger partial charge in [-0.05, 0) is 69.4 Å². The molecule has 0 saturated carbocycles. The summed E-state index contributed by atoms with van der Waals surface area (Å²) in [5.74, 6) is -11.3. The highest BCUT2D eigenvalue weighted by Crippen LogP contribution is 2.37. The largest absolute Gasteiger partial charge is 0.494 e. The number of halogens is 5. The number of carboxylic acid groups (broad SMARTS) is 1. The standard InChI is InChI=1S/C16H21BF2O4.C16H12F2N2O2.C8H7BrN2/c1-6-21-13(20)16(18,19)11-7-9-12(10-8-11)17-22-14(2,3)15(4,5)23-17;1-20-9-12-3-2-11(8-14(12)19-20)10-4-6-13(7-5-10)16(17,18)15(21)22;1-11-5-6-2-3-7(9)4-8(6)10-11/h7-10H,6H2,1-5H3;2-9H,1H3,(H,21,22);2-5H,1H3. The molecule has 6 aromatic rings. The summed E-state index contributed by atoms with van der Waals surface area (Å²) in [5, 5.41) is 19.3. The van der Waals surface area contributed by atoms with Gasteiger partial charge in [-0.15, -0.1) is 0 Å².